The Balaban J connectivity index is 1.72. The molecule has 1 aliphatic heterocycles. The molecule has 1 atom stereocenters. The molecular weight excluding hydrogens is 324 g/mol. The van der Waals surface area contributed by atoms with Crippen LogP contribution in [0.2, 0.25) is 0 Å². The number of carbonyl (C=O) groups is 2. The molecule has 2 N–H and O–H groups in total. The smallest absolute Gasteiger partial charge is 0.337 e. The van der Waals surface area contributed by atoms with Crippen LogP contribution < -0.4 is 5.32 Å². The fraction of sp³-hybridized carbons (Fsp3) is 0.353. The molecule has 1 aliphatic rings. The van der Waals surface area contributed by atoms with Crippen LogP contribution in [-0.2, 0) is 16.1 Å². The van der Waals surface area contributed by atoms with Crippen molar-refractivity contribution < 1.29 is 19.4 Å². The van der Waals surface area contributed by atoms with Crippen molar-refractivity contribution in [3.63, 3.8) is 0 Å². The Kier molecular flexibility index (Phi) is 5.11. The summed E-state index contributed by atoms with van der Waals surface area (Å²) in [4.78, 5) is 25.2. The van der Waals surface area contributed by atoms with E-state index in [-0.39, 0.29) is 11.5 Å². The van der Waals surface area contributed by atoms with E-state index in [0.29, 0.717) is 25.4 Å². The number of aromatic carboxylic acids is 1. The highest BCUT2D eigenvalue weighted by molar-refractivity contribution is 5.91. The Hall–Kier alpha value is -2.71. The van der Waals surface area contributed by atoms with E-state index in [4.69, 9.17) is 4.74 Å². The van der Waals surface area contributed by atoms with Gasteiger partial charge in [-0.05, 0) is 12.1 Å². The predicted molar refractivity (Wildman–Crippen MR) is 89.6 cm³/mol. The number of hydrogen-bond acceptors (Lipinski definition) is 5. The van der Waals surface area contributed by atoms with Crippen LogP contribution in [0.15, 0.2) is 36.7 Å². The summed E-state index contributed by atoms with van der Waals surface area (Å²) >= 11 is 0. The second-order valence-electron chi connectivity index (χ2n) is 5.82. The van der Waals surface area contributed by atoms with E-state index in [1.807, 2.05) is 6.20 Å². The van der Waals surface area contributed by atoms with E-state index in [1.54, 1.807) is 42.2 Å². The fourth-order valence-electron chi connectivity index (χ4n) is 2.85. The van der Waals surface area contributed by atoms with Gasteiger partial charge in [-0.15, -0.1) is 0 Å². The second-order valence-corrected chi connectivity index (χ2v) is 5.82. The molecule has 2 heterocycles. The number of benzene rings is 1. The van der Waals surface area contributed by atoms with Gasteiger partial charge in [0.1, 0.15) is 6.10 Å². The van der Waals surface area contributed by atoms with Crippen LogP contribution in [0.25, 0.3) is 5.69 Å². The quantitative estimate of drug-likeness (QED) is 0.821. The largest absolute Gasteiger partial charge is 0.478 e. The molecular formula is C17H20N4O4. The van der Waals surface area contributed by atoms with Gasteiger partial charge in [-0.2, -0.15) is 5.10 Å². The van der Waals surface area contributed by atoms with Gasteiger partial charge in [0.05, 0.1) is 24.1 Å². The van der Waals surface area contributed by atoms with Crippen LogP contribution in [0.5, 0.6) is 0 Å². The highest BCUT2D eigenvalue weighted by Gasteiger charge is 2.26. The summed E-state index contributed by atoms with van der Waals surface area (Å²) in [6, 6.07) is 6.73. The minimum Gasteiger partial charge on any atom is -0.478 e. The van der Waals surface area contributed by atoms with E-state index >= 15 is 0 Å². The Labute approximate surface area is 145 Å². The number of rotatable bonds is 5. The maximum absolute atomic E-state index is 11.7. The first kappa shape index (κ1) is 17.1. The summed E-state index contributed by atoms with van der Waals surface area (Å²) in [5.74, 6) is -1.12. The zero-order valence-electron chi connectivity index (χ0n) is 13.9. The van der Waals surface area contributed by atoms with Crippen LogP contribution in [-0.4, -0.2) is 64.5 Å². The molecule has 0 spiro atoms. The number of morpholine rings is 1. The Bertz CT molecular complexity index is 774. The molecule has 0 saturated carbocycles. The van der Waals surface area contributed by atoms with Crippen LogP contribution in [0.1, 0.15) is 15.9 Å². The van der Waals surface area contributed by atoms with Gasteiger partial charge in [-0.25, -0.2) is 9.48 Å². The van der Waals surface area contributed by atoms with E-state index in [0.717, 1.165) is 12.1 Å². The molecule has 0 unspecified atom stereocenters. The molecule has 132 valence electrons. The van der Waals surface area contributed by atoms with Crippen molar-refractivity contribution >= 4 is 11.9 Å². The Morgan fingerprint density at radius 1 is 1.40 bits per heavy atom. The number of nitrogens with zero attached hydrogens (tertiary/aromatic N) is 3. The molecule has 2 aromatic rings. The topological polar surface area (TPSA) is 96.7 Å². The molecule has 1 aromatic carbocycles. The maximum Gasteiger partial charge on any atom is 0.337 e. The molecule has 8 nitrogen and oxygen atoms in total. The summed E-state index contributed by atoms with van der Waals surface area (Å²) in [6.45, 7) is 2.35. The first-order valence-electron chi connectivity index (χ1n) is 8.00. The molecule has 25 heavy (non-hydrogen) atoms. The van der Waals surface area contributed by atoms with Gasteiger partial charge >= 0.3 is 5.97 Å². The second kappa shape index (κ2) is 7.45. The van der Waals surface area contributed by atoms with Crippen molar-refractivity contribution in [2.75, 3.05) is 26.7 Å². The van der Waals surface area contributed by atoms with Gasteiger partial charge in [0.25, 0.3) is 0 Å². The number of carboxylic acids is 1. The van der Waals surface area contributed by atoms with E-state index in [9.17, 15) is 14.7 Å². The van der Waals surface area contributed by atoms with Crippen LogP contribution in [0, 0.1) is 0 Å². The highest BCUT2D eigenvalue weighted by Crippen LogP contribution is 2.16. The van der Waals surface area contributed by atoms with Crippen LogP contribution in [0.4, 0.5) is 0 Å². The van der Waals surface area contributed by atoms with E-state index < -0.39 is 12.1 Å². The third-order valence-electron chi connectivity index (χ3n) is 4.11. The normalized spacial score (nSPS) is 18.0. The molecule has 3 rings (SSSR count). The highest BCUT2D eigenvalue weighted by atomic mass is 16.5. The molecule has 1 amide bonds. The van der Waals surface area contributed by atoms with Gasteiger partial charge in [0, 0.05) is 38.4 Å². The minimum absolute atomic E-state index is 0.129. The Morgan fingerprint density at radius 3 is 2.96 bits per heavy atom. The first-order valence-corrected chi connectivity index (χ1v) is 8.00. The lowest BCUT2D eigenvalue weighted by Gasteiger charge is -2.31. The number of para-hydroxylation sites is 1. The number of hydrogen-bond donors (Lipinski definition) is 2. The molecule has 0 bridgehead atoms. The van der Waals surface area contributed by atoms with Gasteiger partial charge in [-0.3, -0.25) is 9.69 Å². The van der Waals surface area contributed by atoms with E-state index in [1.165, 1.54) is 0 Å². The van der Waals surface area contributed by atoms with Gasteiger partial charge in [0.15, 0.2) is 0 Å². The number of aromatic nitrogens is 2. The zero-order chi connectivity index (χ0) is 17.8. The van der Waals surface area contributed by atoms with Crippen LogP contribution in [0.3, 0.4) is 0 Å². The van der Waals surface area contributed by atoms with Crippen LogP contribution >= 0.6 is 0 Å². The monoisotopic (exact) mass is 344 g/mol. The molecule has 0 radical (unpaired) electrons. The molecule has 1 fully saturated rings. The summed E-state index contributed by atoms with van der Waals surface area (Å²) in [5.41, 5.74) is 1.66. The summed E-state index contributed by atoms with van der Waals surface area (Å²) < 4.78 is 7.04. The average molecular weight is 344 g/mol. The third-order valence-corrected chi connectivity index (χ3v) is 4.11. The van der Waals surface area contributed by atoms with Crippen molar-refractivity contribution in [2.24, 2.45) is 0 Å². The lowest BCUT2D eigenvalue weighted by Crippen LogP contribution is -2.48. The third kappa shape index (κ3) is 3.86. The van der Waals surface area contributed by atoms with Crippen molar-refractivity contribution in [1.29, 1.82) is 0 Å². The van der Waals surface area contributed by atoms with E-state index in [2.05, 4.69) is 15.3 Å². The maximum atomic E-state index is 11.7. The summed E-state index contributed by atoms with van der Waals surface area (Å²) in [7, 11) is 1.59. The molecule has 0 aliphatic carbocycles. The average Bonchev–Trinajstić information content (AvgIpc) is 3.09. The number of ether oxygens (including phenoxy) is 1. The first-order chi connectivity index (χ1) is 12.1. The lowest BCUT2D eigenvalue weighted by atomic mass is 10.2. The summed E-state index contributed by atoms with van der Waals surface area (Å²) in [6.07, 6.45) is 3.05. The van der Waals surface area contributed by atoms with Gasteiger partial charge in [-0.1, -0.05) is 12.1 Å². The minimum atomic E-state index is -0.991. The number of carbonyl (C=O) groups excluding carboxylic acids is 1. The molecule has 1 aromatic heterocycles. The van der Waals surface area contributed by atoms with Crippen molar-refractivity contribution in [3.05, 3.63) is 47.8 Å². The molecule has 8 heteroatoms. The number of likely N-dealkylation sites (N-methyl/N-ethyl adjacent to an activating group) is 1. The number of carboxylic acid groups (broad SMARTS) is 1. The Morgan fingerprint density at radius 2 is 2.20 bits per heavy atom. The number of nitrogens with one attached hydrogen (secondary N) is 1. The zero-order valence-corrected chi connectivity index (χ0v) is 13.9. The van der Waals surface area contributed by atoms with Gasteiger partial charge in [0.2, 0.25) is 5.91 Å². The lowest BCUT2D eigenvalue weighted by molar-refractivity contribution is -0.138. The number of amides is 1. The fourth-order valence-corrected chi connectivity index (χ4v) is 2.85. The standard InChI is InChI=1S/C17H20N4O4/c1-18-16(22)15-11-20(6-7-25-15)9-12-8-19-21(10-12)14-5-3-2-4-13(14)17(23)24/h2-5,8,10,15H,6-7,9,11H2,1H3,(H,18,22)(H,23,24)/t15-/m1/s1. The van der Waals surface area contributed by atoms with Gasteiger partial charge < -0.3 is 15.2 Å². The van der Waals surface area contributed by atoms with Crippen molar-refractivity contribution in [3.8, 4) is 5.69 Å². The van der Waals surface area contributed by atoms with Crippen molar-refractivity contribution in [2.45, 2.75) is 12.6 Å². The SMILES string of the molecule is CNC(=O)[C@H]1CN(Cc2cnn(-c3ccccc3C(=O)O)c2)CCO1. The van der Waals surface area contributed by atoms with Crippen molar-refractivity contribution in [1.82, 2.24) is 20.0 Å². The predicted octanol–water partition coefficient (Wildman–Crippen LogP) is 0.517. The molecule has 1 saturated heterocycles. The summed E-state index contributed by atoms with van der Waals surface area (Å²) in [5, 5.41) is 16.2.